The number of rotatable bonds is 2. The van der Waals surface area contributed by atoms with Gasteiger partial charge >= 0.3 is 0 Å². The molecule has 28 heavy (non-hydrogen) atoms. The molecule has 3 nitrogen and oxygen atoms in total. The van der Waals surface area contributed by atoms with Crippen molar-refractivity contribution in [1.82, 2.24) is 0 Å². The predicted octanol–water partition coefficient (Wildman–Crippen LogP) is 4.65. The zero-order chi connectivity index (χ0) is 20.6. The monoisotopic (exact) mass is 448 g/mol. The summed E-state index contributed by atoms with van der Waals surface area (Å²) in [5.74, 6) is -1.36. The Balaban J connectivity index is 1.84. The zero-order valence-electron chi connectivity index (χ0n) is 15.9. The van der Waals surface area contributed by atoms with Gasteiger partial charge in [0.25, 0.3) is 0 Å². The molecule has 2 unspecified atom stereocenters. The maximum absolute atomic E-state index is 15.3. The molecule has 3 saturated carbocycles. The molecule has 0 aliphatic heterocycles. The first-order valence-corrected chi connectivity index (χ1v) is 11.2. The van der Waals surface area contributed by atoms with Crippen LogP contribution in [-0.2, 0) is 14.4 Å². The number of alkyl halides is 4. The fraction of sp³-hybridized carbons (Fsp3) is 0.762. The second-order valence-electron chi connectivity index (χ2n) is 9.38. The molecule has 0 radical (unpaired) electrons. The minimum Gasteiger partial charge on any atom is -0.298 e. The summed E-state index contributed by atoms with van der Waals surface area (Å²) in [7, 11) is 0. The van der Waals surface area contributed by atoms with Crippen molar-refractivity contribution in [2.24, 2.45) is 28.6 Å². The lowest BCUT2D eigenvalue weighted by Crippen LogP contribution is -2.69. The molecule has 7 heteroatoms. The van der Waals surface area contributed by atoms with E-state index in [1.807, 2.05) is 6.92 Å². The Labute approximate surface area is 179 Å². The van der Waals surface area contributed by atoms with Gasteiger partial charge in [0.1, 0.15) is 6.17 Å². The van der Waals surface area contributed by atoms with Crippen molar-refractivity contribution in [1.29, 1.82) is 0 Å². The van der Waals surface area contributed by atoms with Crippen molar-refractivity contribution in [2.45, 2.75) is 62.4 Å². The van der Waals surface area contributed by atoms with Crippen LogP contribution in [0.15, 0.2) is 11.6 Å². The summed E-state index contributed by atoms with van der Waals surface area (Å²) in [6.07, 6.45) is 1.60. The molecule has 154 valence electrons. The van der Waals surface area contributed by atoms with Gasteiger partial charge in [-0.3, -0.25) is 14.4 Å². The van der Waals surface area contributed by atoms with E-state index in [2.05, 4.69) is 0 Å². The highest BCUT2D eigenvalue weighted by atomic mass is 35.5. The summed E-state index contributed by atoms with van der Waals surface area (Å²) in [6, 6.07) is 0. The van der Waals surface area contributed by atoms with Crippen LogP contribution in [0.3, 0.4) is 0 Å². The molecule has 0 N–H and O–H groups in total. The lowest BCUT2D eigenvalue weighted by molar-refractivity contribution is -0.141. The zero-order valence-corrected chi connectivity index (χ0v) is 18.2. The number of ketones is 3. The minimum absolute atomic E-state index is 0.00338. The van der Waals surface area contributed by atoms with Crippen molar-refractivity contribution in [2.75, 3.05) is 5.88 Å². The Morgan fingerprint density at radius 2 is 1.93 bits per heavy atom. The normalized spacial score (nSPS) is 50.5. The van der Waals surface area contributed by atoms with Crippen molar-refractivity contribution < 1.29 is 18.8 Å². The molecule has 0 saturated heterocycles. The highest BCUT2D eigenvalue weighted by Gasteiger charge is 2.73. The molecule has 0 spiro atoms. The van der Waals surface area contributed by atoms with Gasteiger partial charge in [-0.15, -0.1) is 34.8 Å². The van der Waals surface area contributed by atoms with Crippen LogP contribution in [0, 0.1) is 28.6 Å². The molecule has 0 aromatic rings. The first kappa shape index (κ1) is 20.8. The standard InChI is InChI=1S/C21H24Cl3FO3/c1-19-8-17(23)21(24)13(11(19)3-4-12(19)16(27)9-22)7-15(25)14-5-10(26)6-18(28)20(14,21)2/h5,11-13,15,17H,3-4,6-9H2,1-2H3/t11-,12+,13-,15?,17?,19-,20+,21-/m0/s1. The molecular weight excluding hydrogens is 426 g/mol. The Hall–Kier alpha value is -0.450. The van der Waals surface area contributed by atoms with E-state index in [1.165, 1.54) is 6.08 Å². The predicted molar refractivity (Wildman–Crippen MR) is 107 cm³/mol. The Bertz CT molecular complexity index is 798. The molecule has 0 aromatic heterocycles. The van der Waals surface area contributed by atoms with Gasteiger partial charge in [-0.1, -0.05) is 6.92 Å². The highest BCUT2D eigenvalue weighted by molar-refractivity contribution is 6.35. The number of carbonyl (C=O) groups excluding carboxylic acids is 3. The quantitative estimate of drug-likeness (QED) is 0.455. The van der Waals surface area contributed by atoms with E-state index in [0.29, 0.717) is 12.8 Å². The molecular formula is C21H24Cl3FO3. The SMILES string of the molecule is C[C@]12CC(Cl)[C@@]3(Cl)[C@@H](CC(F)C4=CC(=O)CC(=O)[C@@]43C)[C@@H]1CC[C@@H]2C(=O)CCl. The topological polar surface area (TPSA) is 51.2 Å². The highest BCUT2D eigenvalue weighted by Crippen LogP contribution is 2.71. The summed E-state index contributed by atoms with van der Waals surface area (Å²) in [6.45, 7) is 3.70. The third-order valence-corrected chi connectivity index (χ3v) is 10.2. The van der Waals surface area contributed by atoms with Gasteiger partial charge in [-0.25, -0.2) is 4.39 Å². The van der Waals surface area contributed by atoms with E-state index in [-0.39, 0.29) is 59.4 Å². The lowest BCUT2D eigenvalue weighted by Gasteiger charge is -2.63. The van der Waals surface area contributed by atoms with Gasteiger partial charge in [0.05, 0.1) is 28.0 Å². The van der Waals surface area contributed by atoms with E-state index in [0.717, 1.165) is 6.42 Å². The fourth-order valence-electron chi connectivity index (χ4n) is 6.97. The molecule has 0 bridgehead atoms. The van der Waals surface area contributed by atoms with E-state index in [9.17, 15) is 14.4 Å². The van der Waals surface area contributed by atoms with Gasteiger partial charge in [0.15, 0.2) is 17.3 Å². The number of Topliss-reactive ketones (excluding diaryl/α,β-unsaturated/α-hetero) is 2. The summed E-state index contributed by atoms with van der Waals surface area (Å²) >= 11 is 20.0. The molecule has 8 atom stereocenters. The van der Waals surface area contributed by atoms with Crippen LogP contribution in [0.25, 0.3) is 0 Å². The Morgan fingerprint density at radius 3 is 2.57 bits per heavy atom. The van der Waals surface area contributed by atoms with E-state index in [4.69, 9.17) is 34.8 Å². The Morgan fingerprint density at radius 1 is 1.25 bits per heavy atom. The molecule has 4 aliphatic rings. The smallest absolute Gasteiger partial charge is 0.163 e. The lowest BCUT2D eigenvalue weighted by atomic mass is 9.45. The van der Waals surface area contributed by atoms with Crippen molar-refractivity contribution >= 4 is 52.2 Å². The van der Waals surface area contributed by atoms with Crippen LogP contribution in [0.4, 0.5) is 4.39 Å². The van der Waals surface area contributed by atoms with E-state index < -0.39 is 27.3 Å². The molecule has 3 fully saturated rings. The van der Waals surface area contributed by atoms with Gasteiger partial charge < -0.3 is 0 Å². The second kappa shape index (κ2) is 6.52. The third kappa shape index (κ3) is 2.37. The van der Waals surface area contributed by atoms with Crippen LogP contribution in [0.5, 0.6) is 0 Å². The van der Waals surface area contributed by atoms with Crippen molar-refractivity contribution in [3.05, 3.63) is 11.6 Å². The summed E-state index contributed by atoms with van der Waals surface area (Å²) in [4.78, 5) is 36.3. The molecule has 0 aromatic carbocycles. The van der Waals surface area contributed by atoms with Gasteiger partial charge in [0, 0.05) is 5.92 Å². The van der Waals surface area contributed by atoms with Crippen LogP contribution in [-0.4, -0.2) is 39.7 Å². The third-order valence-electron chi connectivity index (χ3n) is 8.38. The summed E-state index contributed by atoms with van der Waals surface area (Å²) in [5, 5.41) is -0.623. The second-order valence-corrected chi connectivity index (χ2v) is 10.8. The van der Waals surface area contributed by atoms with Crippen molar-refractivity contribution in [3.8, 4) is 0 Å². The van der Waals surface area contributed by atoms with Gasteiger partial charge in [-0.05, 0) is 61.5 Å². The number of hydrogen-bond acceptors (Lipinski definition) is 3. The van der Waals surface area contributed by atoms with Crippen LogP contribution < -0.4 is 0 Å². The first-order valence-electron chi connectivity index (χ1n) is 9.85. The number of allylic oxidation sites excluding steroid dienone is 1. The maximum Gasteiger partial charge on any atom is 0.163 e. The maximum atomic E-state index is 15.3. The van der Waals surface area contributed by atoms with Crippen LogP contribution >= 0.6 is 34.8 Å². The Kier molecular flexibility index (Phi) is 4.85. The van der Waals surface area contributed by atoms with Crippen LogP contribution in [0.1, 0.15) is 46.0 Å². The molecule has 0 heterocycles. The van der Waals surface area contributed by atoms with Crippen LogP contribution in [0.2, 0.25) is 0 Å². The summed E-state index contributed by atoms with van der Waals surface area (Å²) in [5.41, 5.74) is -1.54. The average molecular weight is 450 g/mol. The first-order chi connectivity index (χ1) is 13.0. The largest absolute Gasteiger partial charge is 0.298 e. The molecule has 4 rings (SSSR count). The van der Waals surface area contributed by atoms with E-state index >= 15 is 4.39 Å². The summed E-state index contributed by atoms with van der Waals surface area (Å²) < 4.78 is 15.3. The number of halogens is 4. The molecule has 4 aliphatic carbocycles. The number of carbonyl (C=O) groups is 3. The molecule has 0 amide bonds. The number of fused-ring (bicyclic) bond motifs is 5. The van der Waals surface area contributed by atoms with Gasteiger partial charge in [-0.2, -0.15) is 0 Å². The minimum atomic E-state index is -1.41. The average Bonchev–Trinajstić information content (AvgIpc) is 2.96. The number of hydrogen-bond donors (Lipinski definition) is 0. The fourth-order valence-corrected chi connectivity index (χ4v) is 8.40. The van der Waals surface area contributed by atoms with Crippen molar-refractivity contribution in [3.63, 3.8) is 0 Å². The van der Waals surface area contributed by atoms with Gasteiger partial charge in [0.2, 0.25) is 0 Å². The van der Waals surface area contributed by atoms with E-state index in [1.54, 1.807) is 6.92 Å².